The van der Waals surface area contributed by atoms with Crippen molar-refractivity contribution in [3.05, 3.63) is 75.4 Å². The van der Waals surface area contributed by atoms with Gasteiger partial charge in [0.25, 0.3) is 11.6 Å². The number of esters is 1. The van der Waals surface area contributed by atoms with Gasteiger partial charge in [-0.15, -0.1) is 11.3 Å². The summed E-state index contributed by atoms with van der Waals surface area (Å²) in [6.07, 6.45) is 0. The van der Waals surface area contributed by atoms with Crippen molar-refractivity contribution in [2.45, 2.75) is 0 Å². The Morgan fingerprint density at radius 3 is 2.53 bits per heavy atom. The van der Waals surface area contributed by atoms with Gasteiger partial charge >= 0.3 is 5.97 Å². The first-order valence-electron chi connectivity index (χ1n) is 8.52. The second kappa shape index (κ2) is 9.14. The molecule has 0 spiro atoms. The van der Waals surface area contributed by atoms with E-state index in [1.807, 2.05) is 0 Å². The number of hydrogen-bond donors (Lipinski definition) is 1. The third-order valence-electron chi connectivity index (χ3n) is 3.94. The zero-order valence-corrected chi connectivity index (χ0v) is 16.4. The maximum Gasteiger partial charge on any atom is 0.348 e. The van der Waals surface area contributed by atoms with Crippen LogP contribution in [0.4, 0.5) is 15.8 Å². The van der Waals surface area contributed by atoms with Gasteiger partial charge < -0.3 is 14.8 Å². The third-order valence-corrected chi connectivity index (χ3v) is 5.05. The molecule has 1 N–H and O–H groups in total. The number of anilines is 1. The van der Waals surface area contributed by atoms with Crippen LogP contribution in [0.1, 0.15) is 9.67 Å². The molecule has 0 saturated carbocycles. The van der Waals surface area contributed by atoms with E-state index in [4.69, 9.17) is 9.47 Å². The average Bonchev–Trinajstić information content (AvgIpc) is 3.23. The Bertz CT molecular complexity index is 1100. The van der Waals surface area contributed by atoms with Crippen LogP contribution in [-0.2, 0) is 9.53 Å². The molecule has 0 fully saturated rings. The minimum atomic E-state index is -0.681. The Kier molecular flexibility index (Phi) is 6.38. The number of ether oxygens (including phenoxy) is 2. The van der Waals surface area contributed by atoms with Gasteiger partial charge in [0.1, 0.15) is 16.4 Å². The van der Waals surface area contributed by atoms with Gasteiger partial charge in [0, 0.05) is 10.9 Å². The molecule has 0 radical (unpaired) electrons. The summed E-state index contributed by atoms with van der Waals surface area (Å²) >= 11 is 1.15. The van der Waals surface area contributed by atoms with E-state index >= 15 is 0 Å². The molecule has 0 atom stereocenters. The molecule has 3 rings (SSSR count). The Morgan fingerprint density at radius 2 is 1.87 bits per heavy atom. The van der Waals surface area contributed by atoms with Crippen LogP contribution < -0.4 is 10.1 Å². The molecule has 0 saturated heterocycles. The van der Waals surface area contributed by atoms with Gasteiger partial charge in [-0.25, -0.2) is 9.18 Å². The molecule has 10 heteroatoms. The Labute approximate surface area is 174 Å². The Hall–Kier alpha value is -3.79. The van der Waals surface area contributed by atoms with Gasteiger partial charge in [0.2, 0.25) is 0 Å². The molecule has 0 unspecified atom stereocenters. The lowest BCUT2D eigenvalue weighted by atomic mass is 10.2. The van der Waals surface area contributed by atoms with Crippen LogP contribution in [-0.4, -0.2) is 30.5 Å². The number of carbonyl (C=O) groups excluding carboxylic acids is 2. The number of methoxy groups -OCH3 is 1. The van der Waals surface area contributed by atoms with Crippen molar-refractivity contribution < 1.29 is 28.4 Å². The maximum atomic E-state index is 13.0. The normalized spacial score (nSPS) is 10.3. The quantitative estimate of drug-likeness (QED) is 0.341. The molecule has 3 aromatic rings. The summed E-state index contributed by atoms with van der Waals surface area (Å²) in [7, 11) is 1.31. The molecule has 0 aliphatic rings. The van der Waals surface area contributed by atoms with Crippen LogP contribution in [0.3, 0.4) is 0 Å². The standard InChI is InChI=1S/C20H15FN2O6S/c1-28-16-10-14(23(26)27)6-7-15(16)22-19(24)11-29-20(25)18-9-8-17(30-18)12-2-4-13(21)5-3-12/h2-10H,11H2,1H3,(H,22,24). The van der Waals surface area contributed by atoms with Crippen molar-refractivity contribution in [1.29, 1.82) is 0 Å². The lowest BCUT2D eigenvalue weighted by Gasteiger charge is -2.10. The van der Waals surface area contributed by atoms with Crippen molar-refractivity contribution in [3.63, 3.8) is 0 Å². The average molecular weight is 430 g/mol. The summed E-state index contributed by atoms with van der Waals surface area (Å²) in [5.41, 5.74) is 0.772. The number of rotatable bonds is 7. The van der Waals surface area contributed by atoms with Crippen LogP contribution in [0.15, 0.2) is 54.6 Å². The van der Waals surface area contributed by atoms with E-state index in [0.29, 0.717) is 0 Å². The number of amides is 1. The highest BCUT2D eigenvalue weighted by molar-refractivity contribution is 7.17. The van der Waals surface area contributed by atoms with Crippen LogP contribution in [0.25, 0.3) is 10.4 Å². The minimum absolute atomic E-state index is 0.103. The highest BCUT2D eigenvalue weighted by atomic mass is 32.1. The van der Waals surface area contributed by atoms with Crippen molar-refractivity contribution in [3.8, 4) is 16.2 Å². The predicted octanol–water partition coefficient (Wildman–Crippen LogP) is 4.27. The van der Waals surface area contributed by atoms with Crippen molar-refractivity contribution in [2.75, 3.05) is 19.0 Å². The number of hydrogen-bond acceptors (Lipinski definition) is 7. The monoisotopic (exact) mass is 430 g/mol. The van der Waals surface area contributed by atoms with Crippen LogP contribution in [0.5, 0.6) is 5.75 Å². The Morgan fingerprint density at radius 1 is 1.13 bits per heavy atom. The van der Waals surface area contributed by atoms with Crippen molar-refractivity contribution in [2.24, 2.45) is 0 Å². The fraction of sp³-hybridized carbons (Fsp3) is 0.100. The number of nitrogens with zero attached hydrogens (tertiary/aromatic N) is 1. The lowest BCUT2D eigenvalue weighted by Crippen LogP contribution is -2.21. The molecule has 154 valence electrons. The molecule has 0 aliphatic heterocycles. The van der Waals surface area contributed by atoms with Crippen LogP contribution in [0, 0.1) is 15.9 Å². The molecule has 8 nitrogen and oxygen atoms in total. The van der Waals surface area contributed by atoms with Crippen molar-refractivity contribution in [1.82, 2.24) is 0 Å². The number of nitro groups is 1. The van der Waals surface area contributed by atoms with Gasteiger partial charge in [-0.05, 0) is 35.9 Å². The van der Waals surface area contributed by atoms with Crippen LogP contribution in [0.2, 0.25) is 0 Å². The second-order valence-electron chi connectivity index (χ2n) is 5.94. The largest absolute Gasteiger partial charge is 0.494 e. The number of thiophene rings is 1. The van der Waals surface area contributed by atoms with E-state index in [1.54, 1.807) is 24.3 Å². The van der Waals surface area contributed by atoms with Gasteiger partial charge in [0.15, 0.2) is 6.61 Å². The molecular weight excluding hydrogens is 415 g/mol. The van der Waals surface area contributed by atoms with Gasteiger partial charge in [-0.1, -0.05) is 12.1 Å². The number of halogens is 1. The SMILES string of the molecule is COc1cc([N+](=O)[O-])ccc1NC(=O)COC(=O)c1ccc(-c2ccc(F)cc2)s1. The third kappa shape index (κ3) is 4.97. The maximum absolute atomic E-state index is 13.0. The smallest absolute Gasteiger partial charge is 0.348 e. The summed E-state index contributed by atoms with van der Waals surface area (Å²) in [5, 5.41) is 13.3. The predicted molar refractivity (Wildman–Crippen MR) is 108 cm³/mol. The van der Waals surface area contributed by atoms with Crippen LogP contribution >= 0.6 is 11.3 Å². The summed E-state index contributed by atoms with van der Waals surface area (Å²) in [5.74, 6) is -1.57. The zero-order chi connectivity index (χ0) is 21.7. The lowest BCUT2D eigenvalue weighted by molar-refractivity contribution is -0.384. The summed E-state index contributed by atoms with van der Waals surface area (Å²) in [6.45, 7) is -0.553. The van der Waals surface area contributed by atoms with E-state index in [1.165, 1.54) is 37.4 Å². The van der Waals surface area contributed by atoms with E-state index in [2.05, 4.69) is 5.32 Å². The second-order valence-corrected chi connectivity index (χ2v) is 7.02. The van der Waals surface area contributed by atoms with E-state index in [0.717, 1.165) is 21.8 Å². The number of carbonyl (C=O) groups is 2. The van der Waals surface area contributed by atoms with E-state index in [9.17, 15) is 24.1 Å². The first-order valence-corrected chi connectivity index (χ1v) is 9.34. The molecule has 2 aromatic carbocycles. The zero-order valence-electron chi connectivity index (χ0n) is 15.6. The molecule has 0 aliphatic carbocycles. The summed E-state index contributed by atoms with van der Waals surface area (Å²) < 4.78 is 23.1. The molecular formula is C20H15FN2O6S. The highest BCUT2D eigenvalue weighted by Crippen LogP contribution is 2.30. The minimum Gasteiger partial charge on any atom is -0.494 e. The molecule has 1 aromatic heterocycles. The fourth-order valence-corrected chi connectivity index (χ4v) is 3.41. The first-order chi connectivity index (χ1) is 14.4. The number of benzene rings is 2. The summed E-state index contributed by atoms with van der Waals surface area (Å²) in [6, 6.07) is 12.8. The molecule has 1 heterocycles. The number of nitrogens with one attached hydrogen (secondary N) is 1. The number of nitro benzene ring substituents is 1. The Balaban J connectivity index is 1.59. The van der Waals surface area contributed by atoms with Gasteiger partial charge in [0.05, 0.1) is 23.8 Å². The fourth-order valence-electron chi connectivity index (χ4n) is 2.50. The molecule has 30 heavy (non-hydrogen) atoms. The van der Waals surface area contributed by atoms with E-state index < -0.39 is 23.4 Å². The van der Waals surface area contributed by atoms with Gasteiger partial charge in [-0.3, -0.25) is 14.9 Å². The van der Waals surface area contributed by atoms with E-state index in [-0.39, 0.29) is 27.8 Å². The highest BCUT2D eigenvalue weighted by Gasteiger charge is 2.16. The molecule has 1 amide bonds. The topological polar surface area (TPSA) is 108 Å². The molecule has 0 bridgehead atoms. The first kappa shape index (κ1) is 20.9. The van der Waals surface area contributed by atoms with Gasteiger partial charge in [-0.2, -0.15) is 0 Å². The number of non-ortho nitro benzene ring substituents is 1. The summed E-state index contributed by atoms with van der Waals surface area (Å²) in [4.78, 5) is 35.5. The van der Waals surface area contributed by atoms with Crippen molar-refractivity contribution >= 4 is 34.6 Å².